The molecule has 2 heterocycles. The second-order valence-electron chi connectivity index (χ2n) is 7.19. The molecule has 5 nitrogen and oxygen atoms in total. The summed E-state index contributed by atoms with van der Waals surface area (Å²) in [5, 5.41) is 3.24. The van der Waals surface area contributed by atoms with Crippen LogP contribution in [0.3, 0.4) is 0 Å². The molecule has 31 heavy (non-hydrogen) atoms. The zero-order chi connectivity index (χ0) is 22.0. The molecule has 0 spiro atoms. The second kappa shape index (κ2) is 8.66. The highest BCUT2D eigenvalue weighted by Gasteiger charge is 2.26. The number of carbonyl (C=O) groups excluding carboxylic acids is 2. The number of fused-ring (bicyclic) bond motifs is 1. The summed E-state index contributed by atoms with van der Waals surface area (Å²) in [6, 6.07) is 22.0. The van der Waals surface area contributed by atoms with E-state index in [-0.39, 0.29) is 11.7 Å². The predicted molar refractivity (Wildman–Crippen MR) is 122 cm³/mol. The van der Waals surface area contributed by atoms with Crippen LogP contribution in [0, 0.1) is 0 Å². The van der Waals surface area contributed by atoms with Gasteiger partial charge in [0.15, 0.2) is 0 Å². The van der Waals surface area contributed by atoms with Gasteiger partial charge in [-0.1, -0.05) is 54.1 Å². The number of ether oxygens (including phenoxy) is 1. The highest BCUT2D eigenvalue weighted by atomic mass is 35.5. The highest BCUT2D eigenvalue weighted by Crippen LogP contribution is 2.34. The van der Waals surface area contributed by atoms with E-state index in [4.69, 9.17) is 16.3 Å². The molecule has 0 saturated heterocycles. The van der Waals surface area contributed by atoms with Crippen LogP contribution in [0.15, 0.2) is 79.0 Å². The van der Waals surface area contributed by atoms with Crippen LogP contribution in [0.4, 0.5) is 0 Å². The average Bonchev–Trinajstić information content (AvgIpc) is 3.18. The van der Waals surface area contributed by atoms with Gasteiger partial charge in [0.25, 0.3) is 11.7 Å². The molecule has 156 valence electrons. The van der Waals surface area contributed by atoms with Gasteiger partial charge in [0.2, 0.25) is 0 Å². The van der Waals surface area contributed by atoms with Gasteiger partial charge in [-0.2, -0.15) is 0 Å². The lowest BCUT2D eigenvalue weighted by Gasteiger charge is -2.14. The molecule has 0 aliphatic rings. The second-order valence-corrected chi connectivity index (χ2v) is 7.59. The lowest BCUT2D eigenvalue weighted by atomic mass is 10.0. The first-order valence-electron chi connectivity index (χ1n) is 9.83. The number of carbonyl (C=O) groups is 2. The minimum absolute atomic E-state index is 0.287. The summed E-state index contributed by atoms with van der Waals surface area (Å²) in [5.41, 5.74) is 3.36. The fourth-order valence-electron chi connectivity index (χ4n) is 3.60. The van der Waals surface area contributed by atoms with Crippen LogP contribution < -0.4 is 10.1 Å². The van der Waals surface area contributed by atoms with Crippen molar-refractivity contribution in [1.82, 2.24) is 9.72 Å². The lowest BCUT2D eigenvalue weighted by Crippen LogP contribution is -2.34. The quantitative estimate of drug-likeness (QED) is 0.331. The van der Waals surface area contributed by atoms with Gasteiger partial charge < -0.3 is 14.5 Å². The van der Waals surface area contributed by atoms with Crippen molar-refractivity contribution < 1.29 is 14.3 Å². The Labute approximate surface area is 185 Å². The van der Waals surface area contributed by atoms with Crippen molar-refractivity contribution in [2.75, 3.05) is 7.11 Å². The van der Waals surface area contributed by atoms with Gasteiger partial charge in [-0.05, 0) is 48.4 Å². The predicted octanol–water partition coefficient (Wildman–Crippen LogP) is 5.33. The molecule has 4 aromatic rings. The normalized spacial score (nSPS) is 11.8. The Hall–Kier alpha value is -3.57. The number of Topliss-reactive ketones (excluding diaryl/α,β-unsaturated/α-hetero) is 1. The van der Waals surface area contributed by atoms with E-state index in [9.17, 15) is 9.59 Å². The highest BCUT2D eigenvalue weighted by molar-refractivity contribution is 6.43. The maximum Gasteiger partial charge on any atom is 0.294 e. The molecule has 4 rings (SSSR count). The summed E-state index contributed by atoms with van der Waals surface area (Å²) < 4.78 is 6.95. The molecule has 2 aromatic carbocycles. The number of rotatable bonds is 6. The van der Waals surface area contributed by atoms with E-state index in [0.29, 0.717) is 16.3 Å². The van der Waals surface area contributed by atoms with Crippen molar-refractivity contribution in [2.24, 2.45) is 0 Å². The van der Waals surface area contributed by atoms with Crippen molar-refractivity contribution in [1.29, 1.82) is 0 Å². The molecule has 0 bridgehead atoms. The molecule has 0 aliphatic heterocycles. The molecule has 6 heteroatoms. The number of pyridine rings is 1. The SMILES string of the molecule is COc1ccc(-c2cc3ccccn3c2C(=O)C(=O)N[C@H](C)c2ccccc2)cc1Cl. The number of benzene rings is 2. The number of nitrogens with zero attached hydrogens (tertiary/aromatic N) is 1. The van der Waals surface area contributed by atoms with Crippen LogP contribution in [0.5, 0.6) is 5.75 Å². The summed E-state index contributed by atoms with van der Waals surface area (Å²) in [5.74, 6) is -0.742. The number of amides is 1. The van der Waals surface area contributed by atoms with Crippen LogP contribution in [-0.4, -0.2) is 23.2 Å². The Morgan fingerprint density at radius 3 is 2.45 bits per heavy atom. The summed E-state index contributed by atoms with van der Waals surface area (Å²) in [6.07, 6.45) is 1.77. The maximum absolute atomic E-state index is 13.3. The first-order chi connectivity index (χ1) is 15.0. The van der Waals surface area contributed by atoms with E-state index in [1.165, 1.54) is 0 Å². The van der Waals surface area contributed by atoms with Crippen LogP contribution >= 0.6 is 11.6 Å². The minimum atomic E-state index is -0.666. The Morgan fingerprint density at radius 2 is 1.74 bits per heavy atom. The zero-order valence-corrected chi connectivity index (χ0v) is 17.9. The fraction of sp³-hybridized carbons (Fsp3) is 0.120. The van der Waals surface area contributed by atoms with E-state index in [0.717, 1.165) is 16.6 Å². The van der Waals surface area contributed by atoms with Crippen LogP contribution in [0.2, 0.25) is 5.02 Å². The third-order valence-electron chi connectivity index (χ3n) is 5.21. The lowest BCUT2D eigenvalue weighted by molar-refractivity contribution is -0.117. The van der Waals surface area contributed by atoms with Gasteiger partial charge in [0.1, 0.15) is 11.4 Å². The van der Waals surface area contributed by atoms with Gasteiger partial charge in [-0.3, -0.25) is 9.59 Å². The van der Waals surface area contributed by atoms with Crippen LogP contribution in [0.25, 0.3) is 16.6 Å². The van der Waals surface area contributed by atoms with Gasteiger partial charge in [-0.15, -0.1) is 0 Å². The number of ketones is 1. The molecule has 1 amide bonds. The fourth-order valence-corrected chi connectivity index (χ4v) is 3.86. The van der Waals surface area contributed by atoms with Gasteiger partial charge in [0.05, 0.1) is 18.2 Å². The monoisotopic (exact) mass is 432 g/mol. The summed E-state index contributed by atoms with van der Waals surface area (Å²) in [4.78, 5) is 26.2. The third kappa shape index (κ3) is 4.05. The standard InChI is InChI=1S/C25H21ClN2O3/c1-16(17-8-4-3-5-9-17)27-25(30)24(29)23-20(15-19-10-6-7-13-28(19)23)18-11-12-22(31-2)21(26)14-18/h3-16H,1-2H3,(H,27,30)/t16-/m1/s1. The maximum atomic E-state index is 13.3. The van der Waals surface area contributed by atoms with E-state index >= 15 is 0 Å². The molecule has 0 aliphatic carbocycles. The third-order valence-corrected chi connectivity index (χ3v) is 5.51. The van der Waals surface area contributed by atoms with E-state index < -0.39 is 11.7 Å². The van der Waals surface area contributed by atoms with Crippen molar-refractivity contribution in [3.05, 3.63) is 95.3 Å². The number of aromatic nitrogens is 1. The molecular formula is C25H21ClN2O3. The number of nitrogens with one attached hydrogen (secondary N) is 1. The Balaban J connectivity index is 1.74. The molecule has 2 aromatic heterocycles. The van der Waals surface area contributed by atoms with Crippen molar-refractivity contribution >= 4 is 28.8 Å². The van der Waals surface area contributed by atoms with E-state index in [2.05, 4.69) is 5.32 Å². The zero-order valence-electron chi connectivity index (χ0n) is 17.1. The van der Waals surface area contributed by atoms with Crippen molar-refractivity contribution in [3.8, 4) is 16.9 Å². The summed E-state index contributed by atoms with van der Waals surface area (Å²) in [6.45, 7) is 1.85. The smallest absolute Gasteiger partial charge is 0.294 e. The molecule has 0 unspecified atom stereocenters. The van der Waals surface area contributed by atoms with Gasteiger partial charge in [-0.25, -0.2) is 0 Å². The number of halogens is 1. The first kappa shape index (κ1) is 20.7. The van der Waals surface area contributed by atoms with Crippen LogP contribution in [0.1, 0.15) is 29.0 Å². The number of hydrogen-bond acceptors (Lipinski definition) is 3. The largest absolute Gasteiger partial charge is 0.495 e. The average molecular weight is 433 g/mol. The van der Waals surface area contributed by atoms with Crippen molar-refractivity contribution in [3.63, 3.8) is 0 Å². The van der Waals surface area contributed by atoms with E-state index in [1.807, 2.05) is 67.6 Å². The van der Waals surface area contributed by atoms with E-state index in [1.54, 1.807) is 29.8 Å². The summed E-state index contributed by atoms with van der Waals surface area (Å²) in [7, 11) is 1.54. The van der Waals surface area contributed by atoms with Crippen LogP contribution in [-0.2, 0) is 4.79 Å². The first-order valence-corrected chi connectivity index (χ1v) is 10.2. The van der Waals surface area contributed by atoms with Crippen molar-refractivity contribution in [2.45, 2.75) is 13.0 Å². The molecule has 0 fully saturated rings. The number of hydrogen-bond donors (Lipinski definition) is 1. The Kier molecular flexibility index (Phi) is 5.78. The summed E-state index contributed by atoms with van der Waals surface area (Å²) >= 11 is 6.31. The molecule has 0 saturated carbocycles. The van der Waals surface area contributed by atoms with Gasteiger partial charge in [0, 0.05) is 17.3 Å². The minimum Gasteiger partial charge on any atom is -0.495 e. The number of methoxy groups -OCH3 is 1. The van der Waals surface area contributed by atoms with Gasteiger partial charge >= 0.3 is 0 Å². The molecular weight excluding hydrogens is 412 g/mol. The Bertz CT molecular complexity index is 1260. The topological polar surface area (TPSA) is 59.8 Å². The molecule has 0 radical (unpaired) electrons. The molecule has 1 atom stereocenters. The Morgan fingerprint density at radius 1 is 1.00 bits per heavy atom. The molecule has 1 N–H and O–H groups in total.